The maximum Gasteiger partial charge on any atom is 0.424 e. The molecule has 1 aromatic heterocycles. The average Bonchev–Trinajstić information content (AvgIpc) is 3.82. The molecule has 1 heterocycles. The summed E-state index contributed by atoms with van der Waals surface area (Å²) in [6.07, 6.45) is -4.64. The van der Waals surface area contributed by atoms with Crippen molar-refractivity contribution in [2.45, 2.75) is 63.1 Å². The molecule has 3 aromatic rings. The number of rotatable bonds is 11. The molecule has 0 aliphatic heterocycles. The monoisotopic (exact) mass is 683 g/mol. The fraction of sp³-hybridized carbons (Fsp3) is 0.406. The number of alkyl carbamates (subject to hydrolysis) is 1. The topological polar surface area (TPSA) is 139 Å². The van der Waals surface area contributed by atoms with Crippen molar-refractivity contribution in [3.05, 3.63) is 76.2 Å². The molecule has 2 unspecified atom stereocenters. The lowest BCUT2D eigenvalue weighted by molar-refractivity contribution is -0.265. The molecule has 2 amide bonds. The van der Waals surface area contributed by atoms with E-state index in [9.17, 15) is 37.4 Å². The maximum absolute atomic E-state index is 14.7. The van der Waals surface area contributed by atoms with Crippen LogP contribution < -0.4 is 20.1 Å². The van der Waals surface area contributed by atoms with Gasteiger partial charge in [-0.1, -0.05) is 11.6 Å². The molecule has 47 heavy (non-hydrogen) atoms. The van der Waals surface area contributed by atoms with Crippen LogP contribution in [0.1, 0.15) is 61.3 Å². The molecule has 15 heteroatoms. The number of amides is 2. The van der Waals surface area contributed by atoms with E-state index >= 15 is 0 Å². The largest absolute Gasteiger partial charge is 0.493 e. The summed E-state index contributed by atoms with van der Waals surface area (Å²) < 4.78 is 74.3. The summed E-state index contributed by atoms with van der Waals surface area (Å²) in [5.41, 5.74) is -6.07. The summed E-state index contributed by atoms with van der Waals surface area (Å²) in [5.74, 6) is -1.21. The third-order valence-electron chi connectivity index (χ3n) is 6.98. The molecule has 1 fully saturated rings. The first-order valence-corrected chi connectivity index (χ1v) is 14.8. The first-order valence-electron chi connectivity index (χ1n) is 14.4. The van der Waals surface area contributed by atoms with E-state index < -0.39 is 60.1 Å². The smallest absolute Gasteiger partial charge is 0.424 e. The second kappa shape index (κ2) is 13.9. The van der Waals surface area contributed by atoms with Crippen molar-refractivity contribution in [2.24, 2.45) is 0 Å². The minimum atomic E-state index is -5.41. The highest BCUT2D eigenvalue weighted by Crippen LogP contribution is 2.40. The summed E-state index contributed by atoms with van der Waals surface area (Å²) in [5, 5.41) is 25.5. The maximum atomic E-state index is 14.7. The minimum absolute atomic E-state index is 0.0224. The van der Waals surface area contributed by atoms with Crippen LogP contribution in [0, 0.1) is 5.82 Å². The van der Waals surface area contributed by atoms with Crippen molar-refractivity contribution < 1.29 is 51.6 Å². The van der Waals surface area contributed by atoms with Gasteiger partial charge in [0.05, 0.1) is 48.8 Å². The molecule has 0 radical (unpaired) electrons. The van der Waals surface area contributed by atoms with E-state index in [1.54, 1.807) is 20.8 Å². The van der Waals surface area contributed by atoms with Crippen molar-refractivity contribution in [2.75, 3.05) is 20.3 Å². The van der Waals surface area contributed by atoms with Crippen LogP contribution in [0.5, 0.6) is 11.5 Å². The fourth-order valence-electron chi connectivity index (χ4n) is 4.37. The first kappa shape index (κ1) is 35.7. The number of carbonyl (C=O) groups excluding carboxylic acids is 2. The summed E-state index contributed by atoms with van der Waals surface area (Å²) in [6.45, 7) is 2.58. The molecule has 0 saturated heterocycles. The lowest BCUT2D eigenvalue weighted by Crippen LogP contribution is -2.51. The lowest BCUT2D eigenvalue weighted by Gasteiger charge is -2.31. The van der Waals surface area contributed by atoms with Gasteiger partial charge in [-0.25, -0.2) is 14.2 Å². The Kier molecular flexibility index (Phi) is 10.6. The van der Waals surface area contributed by atoms with Crippen molar-refractivity contribution in [3.63, 3.8) is 0 Å². The number of aliphatic hydroxyl groups excluding tert-OH is 1. The van der Waals surface area contributed by atoms with Gasteiger partial charge in [0.1, 0.15) is 11.4 Å². The summed E-state index contributed by atoms with van der Waals surface area (Å²) >= 11 is 5.92. The molecule has 2 atom stereocenters. The number of nitrogens with one attached hydrogen (secondary N) is 2. The SMILES string of the molecule is COc1cc(C(=O)NCC(O)(c2cc(C(CO)NC(=O)OC(C)(C)C)cc(-c3ccc(F)c(Cl)c3)n2)C(F)(F)F)ccc1OC1CC1. The number of carbonyl (C=O) groups is 2. The predicted molar refractivity (Wildman–Crippen MR) is 163 cm³/mol. The first-order chi connectivity index (χ1) is 21.9. The van der Waals surface area contributed by atoms with Crippen LogP contribution in [0.25, 0.3) is 11.3 Å². The summed E-state index contributed by atoms with van der Waals surface area (Å²) in [7, 11) is 1.35. The highest BCUT2D eigenvalue weighted by atomic mass is 35.5. The third kappa shape index (κ3) is 8.82. The van der Waals surface area contributed by atoms with Crippen LogP contribution in [0.3, 0.4) is 0 Å². The van der Waals surface area contributed by atoms with Gasteiger partial charge in [0, 0.05) is 11.1 Å². The molecule has 0 bridgehead atoms. The van der Waals surface area contributed by atoms with E-state index in [1.165, 1.54) is 37.4 Å². The van der Waals surface area contributed by atoms with E-state index in [4.69, 9.17) is 25.8 Å². The molecule has 254 valence electrons. The van der Waals surface area contributed by atoms with Gasteiger partial charge in [0.2, 0.25) is 5.60 Å². The van der Waals surface area contributed by atoms with Crippen LogP contribution >= 0.6 is 11.6 Å². The molecule has 1 aliphatic rings. The Morgan fingerprint density at radius 1 is 1.06 bits per heavy atom. The zero-order valence-corrected chi connectivity index (χ0v) is 26.6. The van der Waals surface area contributed by atoms with Crippen LogP contribution in [0.4, 0.5) is 22.4 Å². The van der Waals surface area contributed by atoms with Gasteiger partial charge < -0.3 is 35.1 Å². The number of halogens is 5. The quantitative estimate of drug-likeness (QED) is 0.185. The van der Waals surface area contributed by atoms with E-state index in [-0.39, 0.29) is 39.3 Å². The van der Waals surface area contributed by atoms with E-state index in [1.807, 2.05) is 0 Å². The highest BCUT2D eigenvalue weighted by Gasteiger charge is 2.56. The number of benzene rings is 2. The standard InChI is InChI=1S/C32H34ClF4N3O7/c1-30(2,3)47-29(43)40-24(15-41)19-12-23(17-5-9-22(34)21(33)11-17)39-27(14-19)31(44,32(35,36)37)16-38-28(42)18-6-10-25(26(13-18)45-4)46-20-7-8-20/h5-6,9-14,20,24,41,44H,7-8,15-16H2,1-4H3,(H,38,42)(H,40,43). The molecular formula is C32H34ClF4N3O7. The molecule has 2 aromatic carbocycles. The second-order valence-corrected chi connectivity index (χ2v) is 12.3. The van der Waals surface area contributed by atoms with Crippen LogP contribution in [-0.4, -0.2) is 65.3 Å². The number of aromatic nitrogens is 1. The van der Waals surface area contributed by atoms with Gasteiger partial charge in [-0.05, 0) is 87.7 Å². The molecule has 10 nitrogen and oxygen atoms in total. The van der Waals surface area contributed by atoms with Gasteiger partial charge >= 0.3 is 12.3 Å². The number of aliphatic hydroxyl groups is 2. The van der Waals surface area contributed by atoms with Gasteiger partial charge in [-0.15, -0.1) is 0 Å². The second-order valence-electron chi connectivity index (χ2n) is 11.9. The lowest BCUT2D eigenvalue weighted by atomic mass is 9.93. The molecule has 4 rings (SSSR count). The zero-order chi connectivity index (χ0) is 34.7. The van der Waals surface area contributed by atoms with Crippen LogP contribution in [0.2, 0.25) is 5.02 Å². The van der Waals surface area contributed by atoms with Gasteiger partial charge in [0.15, 0.2) is 11.5 Å². The Balaban J connectivity index is 1.73. The molecule has 1 aliphatic carbocycles. The van der Waals surface area contributed by atoms with Crippen molar-refractivity contribution in [1.29, 1.82) is 0 Å². The van der Waals surface area contributed by atoms with E-state index in [0.717, 1.165) is 31.0 Å². The van der Waals surface area contributed by atoms with Gasteiger partial charge in [-0.3, -0.25) is 4.79 Å². The van der Waals surface area contributed by atoms with Crippen molar-refractivity contribution in [1.82, 2.24) is 15.6 Å². The van der Waals surface area contributed by atoms with Crippen LogP contribution in [0.15, 0.2) is 48.5 Å². The molecular weight excluding hydrogens is 650 g/mol. The number of hydrogen-bond acceptors (Lipinski definition) is 8. The normalized spacial score (nSPS) is 15.3. The Morgan fingerprint density at radius 3 is 2.34 bits per heavy atom. The number of hydrogen-bond donors (Lipinski definition) is 4. The Hall–Kier alpha value is -4.14. The van der Waals surface area contributed by atoms with Crippen molar-refractivity contribution in [3.8, 4) is 22.8 Å². The Labute approximate surface area is 273 Å². The number of alkyl halides is 3. The average molecular weight is 684 g/mol. The summed E-state index contributed by atoms with van der Waals surface area (Å²) in [4.78, 5) is 29.6. The third-order valence-corrected chi connectivity index (χ3v) is 7.27. The molecule has 0 spiro atoms. The zero-order valence-electron chi connectivity index (χ0n) is 25.9. The minimum Gasteiger partial charge on any atom is -0.493 e. The Bertz CT molecular complexity index is 1630. The molecule has 4 N–H and O–H groups in total. The highest BCUT2D eigenvalue weighted by molar-refractivity contribution is 6.31. The van der Waals surface area contributed by atoms with Gasteiger partial charge in [0.25, 0.3) is 5.91 Å². The number of nitrogens with zero attached hydrogens (tertiary/aromatic N) is 1. The van der Waals surface area contributed by atoms with Gasteiger partial charge in [-0.2, -0.15) is 13.2 Å². The Morgan fingerprint density at radius 2 is 1.77 bits per heavy atom. The fourth-order valence-corrected chi connectivity index (χ4v) is 4.55. The van der Waals surface area contributed by atoms with E-state index in [2.05, 4.69) is 15.6 Å². The number of pyridine rings is 1. The number of methoxy groups -OCH3 is 1. The van der Waals surface area contributed by atoms with Crippen LogP contribution in [-0.2, 0) is 10.3 Å². The number of ether oxygens (including phenoxy) is 3. The van der Waals surface area contributed by atoms with E-state index in [0.29, 0.717) is 5.75 Å². The predicted octanol–water partition coefficient (Wildman–Crippen LogP) is 5.83. The summed E-state index contributed by atoms with van der Waals surface area (Å²) in [6, 6.07) is 8.11. The van der Waals surface area contributed by atoms with Crippen molar-refractivity contribution >= 4 is 23.6 Å². The molecule has 1 saturated carbocycles.